The van der Waals surface area contributed by atoms with Gasteiger partial charge in [0, 0.05) is 25.1 Å². The number of unbranched alkanes of at least 4 members (excludes halogenated alkanes) is 3. The predicted molar refractivity (Wildman–Crippen MR) is 151 cm³/mol. The van der Waals surface area contributed by atoms with Crippen LogP contribution in [-0.4, -0.2) is 61.7 Å². The highest BCUT2D eigenvalue weighted by Gasteiger charge is 2.30. The first-order valence-corrected chi connectivity index (χ1v) is 14.7. The van der Waals surface area contributed by atoms with E-state index in [2.05, 4.69) is 4.72 Å². The normalized spacial score (nSPS) is 12.4. The molecule has 11 nitrogen and oxygen atoms in total. The van der Waals surface area contributed by atoms with Crippen LogP contribution in [0, 0.1) is 10.1 Å². The number of nitrogens with zero attached hydrogens (tertiary/aromatic N) is 2. The molecule has 0 aromatic heterocycles. The van der Waals surface area contributed by atoms with Gasteiger partial charge in [0.15, 0.2) is 4.90 Å². The summed E-state index contributed by atoms with van der Waals surface area (Å²) in [6.07, 6.45) is 1.47. The van der Waals surface area contributed by atoms with E-state index >= 15 is 0 Å². The minimum absolute atomic E-state index is 0.0829. The van der Waals surface area contributed by atoms with E-state index in [4.69, 9.17) is 4.74 Å². The molecule has 0 bridgehead atoms. The second-order valence-electron chi connectivity index (χ2n) is 9.66. The van der Waals surface area contributed by atoms with E-state index in [-0.39, 0.29) is 25.6 Å². The Kier molecular flexibility index (Phi) is 9.69. The second-order valence-corrected chi connectivity index (χ2v) is 11.4. The maximum atomic E-state index is 12.9. The fraction of sp³-hybridized carbons (Fsp3) is 0.310. The highest BCUT2D eigenvalue weighted by Crippen LogP contribution is 2.44. The molecule has 0 fully saturated rings. The van der Waals surface area contributed by atoms with Gasteiger partial charge in [-0.15, -0.1) is 0 Å². The van der Waals surface area contributed by atoms with Gasteiger partial charge in [0.2, 0.25) is 10.0 Å². The topological polar surface area (TPSA) is 156 Å². The molecule has 3 aromatic rings. The molecule has 0 saturated heterocycles. The highest BCUT2D eigenvalue weighted by atomic mass is 32.2. The molecule has 0 atom stereocenters. The van der Waals surface area contributed by atoms with Crippen molar-refractivity contribution in [3.63, 3.8) is 0 Å². The Hall–Kier alpha value is -4.29. The van der Waals surface area contributed by atoms with Crippen LogP contribution < -0.4 is 4.72 Å². The molecule has 2 N–H and O–H groups in total. The van der Waals surface area contributed by atoms with Gasteiger partial charge in [0.1, 0.15) is 13.2 Å². The van der Waals surface area contributed by atoms with Gasteiger partial charge in [-0.2, -0.15) is 0 Å². The van der Waals surface area contributed by atoms with Crippen LogP contribution in [-0.2, 0) is 19.6 Å². The Bertz CT molecular complexity index is 1480. The first kappa shape index (κ1) is 29.7. The number of fused-ring (bicyclic) bond motifs is 3. The molecule has 41 heavy (non-hydrogen) atoms. The van der Waals surface area contributed by atoms with Gasteiger partial charge in [-0.1, -0.05) is 73.5 Å². The van der Waals surface area contributed by atoms with E-state index < -0.39 is 44.1 Å². The molecule has 1 amide bonds. The number of para-hydroxylation sites is 1. The summed E-state index contributed by atoms with van der Waals surface area (Å²) in [4.78, 5) is 35.4. The smallest absolute Gasteiger partial charge is 0.410 e. The van der Waals surface area contributed by atoms with Gasteiger partial charge in [-0.25, -0.2) is 17.9 Å². The van der Waals surface area contributed by atoms with E-state index in [1.54, 1.807) is 0 Å². The molecule has 0 aliphatic heterocycles. The van der Waals surface area contributed by atoms with Crippen LogP contribution in [0.5, 0.6) is 0 Å². The third kappa shape index (κ3) is 7.27. The first-order valence-electron chi connectivity index (χ1n) is 13.2. The number of nitro groups is 1. The van der Waals surface area contributed by atoms with Gasteiger partial charge in [0.25, 0.3) is 5.69 Å². The largest absolute Gasteiger partial charge is 0.480 e. The molecule has 3 aromatic carbocycles. The van der Waals surface area contributed by atoms with Gasteiger partial charge in [-0.05, 0) is 41.2 Å². The van der Waals surface area contributed by atoms with Crippen LogP contribution in [0.15, 0.2) is 77.7 Å². The number of hydrogen-bond donors (Lipinski definition) is 2. The number of amides is 1. The van der Waals surface area contributed by atoms with Crippen molar-refractivity contribution in [2.45, 2.75) is 36.5 Å². The summed E-state index contributed by atoms with van der Waals surface area (Å²) >= 11 is 0. The number of ether oxygens (including phenoxy) is 1. The van der Waals surface area contributed by atoms with Crippen LogP contribution >= 0.6 is 0 Å². The molecule has 216 valence electrons. The summed E-state index contributed by atoms with van der Waals surface area (Å²) in [6, 6.07) is 21.0. The number of nitro benzene ring substituents is 1. The Balaban J connectivity index is 1.24. The fourth-order valence-corrected chi connectivity index (χ4v) is 6.23. The van der Waals surface area contributed by atoms with Crippen LogP contribution in [0.1, 0.15) is 42.7 Å². The van der Waals surface area contributed by atoms with Crippen molar-refractivity contribution < 1.29 is 32.8 Å². The van der Waals surface area contributed by atoms with Gasteiger partial charge in [0.05, 0.1) is 4.92 Å². The van der Waals surface area contributed by atoms with Crippen molar-refractivity contribution in [1.29, 1.82) is 0 Å². The van der Waals surface area contributed by atoms with Crippen LogP contribution in [0.4, 0.5) is 10.5 Å². The van der Waals surface area contributed by atoms with Crippen molar-refractivity contribution in [1.82, 2.24) is 9.62 Å². The zero-order valence-electron chi connectivity index (χ0n) is 22.3. The standard InChI is InChI=1S/C29H31N3O8S/c33-28(34)19-31(18-10-2-1-9-17-30-41(38,39)27-16-8-7-15-26(27)32(36)37)29(35)40-20-25-23-13-5-3-11-21(23)22-12-4-6-14-24(22)25/h3-8,11-16,25,30H,1-2,9-10,17-20H2,(H,33,34). The van der Waals surface area contributed by atoms with E-state index in [0.717, 1.165) is 33.2 Å². The van der Waals surface area contributed by atoms with Crippen molar-refractivity contribution in [3.8, 4) is 11.1 Å². The lowest BCUT2D eigenvalue weighted by Crippen LogP contribution is -2.37. The number of carbonyl (C=O) groups excluding carboxylic acids is 1. The highest BCUT2D eigenvalue weighted by molar-refractivity contribution is 7.89. The summed E-state index contributed by atoms with van der Waals surface area (Å²) in [5.41, 5.74) is 3.81. The van der Waals surface area contributed by atoms with E-state index in [0.29, 0.717) is 25.7 Å². The quantitative estimate of drug-likeness (QED) is 0.157. The van der Waals surface area contributed by atoms with Crippen molar-refractivity contribution in [2.24, 2.45) is 0 Å². The predicted octanol–water partition coefficient (Wildman–Crippen LogP) is 4.77. The Morgan fingerprint density at radius 3 is 2.12 bits per heavy atom. The first-order chi connectivity index (χ1) is 19.7. The number of rotatable bonds is 14. The molecule has 12 heteroatoms. The average molecular weight is 582 g/mol. The summed E-state index contributed by atoms with van der Waals surface area (Å²) < 4.78 is 32.9. The number of carbonyl (C=O) groups is 2. The number of carboxylic acid groups (broad SMARTS) is 1. The number of sulfonamides is 1. The lowest BCUT2D eigenvalue weighted by atomic mass is 9.98. The summed E-state index contributed by atoms with van der Waals surface area (Å²) in [5.74, 6) is -1.29. The van der Waals surface area contributed by atoms with Crippen LogP contribution in [0.2, 0.25) is 0 Å². The number of benzene rings is 3. The lowest BCUT2D eigenvalue weighted by Gasteiger charge is -2.22. The minimum Gasteiger partial charge on any atom is -0.480 e. The zero-order chi connectivity index (χ0) is 29.4. The Morgan fingerprint density at radius 2 is 1.49 bits per heavy atom. The Morgan fingerprint density at radius 1 is 0.902 bits per heavy atom. The molecular weight excluding hydrogens is 550 g/mol. The van der Waals surface area contributed by atoms with Crippen molar-refractivity contribution in [3.05, 3.63) is 94.0 Å². The SMILES string of the molecule is O=C(O)CN(CCCCCCNS(=O)(=O)c1ccccc1[N+](=O)[O-])C(=O)OCC1c2ccccc2-c2ccccc21. The number of nitrogens with one attached hydrogen (secondary N) is 1. The molecule has 0 radical (unpaired) electrons. The monoisotopic (exact) mass is 581 g/mol. The molecule has 1 aliphatic rings. The lowest BCUT2D eigenvalue weighted by molar-refractivity contribution is -0.387. The maximum absolute atomic E-state index is 12.9. The molecule has 0 heterocycles. The average Bonchev–Trinajstić information content (AvgIpc) is 3.28. The van der Waals surface area contributed by atoms with Crippen LogP contribution in [0.25, 0.3) is 11.1 Å². The van der Waals surface area contributed by atoms with E-state index in [9.17, 15) is 33.2 Å². The van der Waals surface area contributed by atoms with E-state index in [1.807, 2.05) is 48.5 Å². The fourth-order valence-electron chi connectivity index (χ4n) is 4.98. The van der Waals surface area contributed by atoms with Crippen LogP contribution in [0.3, 0.4) is 0 Å². The maximum Gasteiger partial charge on any atom is 0.410 e. The van der Waals surface area contributed by atoms with Gasteiger partial charge < -0.3 is 9.84 Å². The van der Waals surface area contributed by atoms with E-state index in [1.165, 1.54) is 18.2 Å². The molecule has 0 spiro atoms. The number of hydrogen-bond acceptors (Lipinski definition) is 7. The number of carboxylic acids is 1. The molecule has 1 aliphatic carbocycles. The third-order valence-corrected chi connectivity index (χ3v) is 8.43. The number of aliphatic carboxylic acids is 1. The minimum atomic E-state index is -4.04. The Labute approximate surface area is 238 Å². The van der Waals surface area contributed by atoms with Gasteiger partial charge in [-0.3, -0.25) is 19.8 Å². The summed E-state index contributed by atoms with van der Waals surface area (Å²) in [6.45, 7) is -0.153. The zero-order valence-corrected chi connectivity index (χ0v) is 23.1. The molecule has 0 saturated carbocycles. The van der Waals surface area contributed by atoms with Gasteiger partial charge >= 0.3 is 12.1 Å². The summed E-state index contributed by atoms with van der Waals surface area (Å²) in [7, 11) is -4.04. The molecular formula is C29H31N3O8S. The summed E-state index contributed by atoms with van der Waals surface area (Å²) in [5, 5.41) is 20.4. The van der Waals surface area contributed by atoms with Crippen molar-refractivity contribution >= 4 is 27.8 Å². The third-order valence-electron chi connectivity index (χ3n) is 6.92. The second kappa shape index (κ2) is 13.4. The van der Waals surface area contributed by atoms with Crippen molar-refractivity contribution in [2.75, 3.05) is 26.2 Å². The molecule has 0 unspecified atom stereocenters. The molecule has 4 rings (SSSR count).